The fraction of sp³-hybridized carbons (Fsp3) is 0.136. The minimum atomic E-state index is -1.11. The summed E-state index contributed by atoms with van der Waals surface area (Å²) in [5.74, 6) is -0.453. The second kappa shape index (κ2) is 8.52. The van der Waals surface area contributed by atoms with E-state index in [1.807, 2.05) is 24.3 Å². The standard InChI is InChI=1S/C22H18N4O4/c1-29-17-6-4-5-16(13-17)21(27)20(30-22(28)15-9-11-23-12-10-15)14-26-19-8-3-2-7-18(19)24-25-26/h2-13,20H,14H2,1H3. The first-order chi connectivity index (χ1) is 14.7. The van der Waals surface area contributed by atoms with Crippen molar-refractivity contribution in [1.82, 2.24) is 20.0 Å². The molecule has 8 nitrogen and oxygen atoms in total. The SMILES string of the molecule is COc1cccc(C(=O)C(Cn2nnc3ccccc32)OC(=O)c2ccncc2)c1. The van der Waals surface area contributed by atoms with Crippen LogP contribution in [0.1, 0.15) is 20.7 Å². The second-order valence-electron chi connectivity index (χ2n) is 6.49. The molecule has 150 valence electrons. The van der Waals surface area contributed by atoms with E-state index in [4.69, 9.17) is 9.47 Å². The number of nitrogens with zero attached hydrogens (tertiary/aromatic N) is 4. The van der Waals surface area contributed by atoms with Crippen LogP contribution in [0.4, 0.5) is 0 Å². The zero-order chi connectivity index (χ0) is 20.9. The number of hydrogen-bond acceptors (Lipinski definition) is 7. The Morgan fingerprint density at radius 3 is 2.60 bits per heavy atom. The van der Waals surface area contributed by atoms with Crippen molar-refractivity contribution in [3.05, 3.63) is 84.2 Å². The molecule has 0 spiro atoms. The summed E-state index contributed by atoms with van der Waals surface area (Å²) in [6.07, 6.45) is 1.86. The maximum Gasteiger partial charge on any atom is 0.339 e. The highest BCUT2D eigenvalue weighted by molar-refractivity contribution is 6.02. The van der Waals surface area contributed by atoms with E-state index in [0.717, 1.165) is 5.52 Å². The number of Topliss-reactive ketones (excluding diaryl/α,β-unsaturated/α-hetero) is 1. The smallest absolute Gasteiger partial charge is 0.339 e. The van der Waals surface area contributed by atoms with Crippen molar-refractivity contribution in [3.63, 3.8) is 0 Å². The van der Waals surface area contributed by atoms with Crippen LogP contribution in [-0.2, 0) is 11.3 Å². The lowest BCUT2D eigenvalue weighted by molar-refractivity contribution is 0.0244. The van der Waals surface area contributed by atoms with Crippen molar-refractivity contribution in [3.8, 4) is 5.75 Å². The van der Waals surface area contributed by atoms with Gasteiger partial charge in [-0.2, -0.15) is 0 Å². The van der Waals surface area contributed by atoms with Crippen LogP contribution in [-0.4, -0.2) is 44.9 Å². The van der Waals surface area contributed by atoms with E-state index in [9.17, 15) is 9.59 Å². The fourth-order valence-electron chi connectivity index (χ4n) is 3.03. The number of pyridine rings is 1. The first kappa shape index (κ1) is 19.3. The lowest BCUT2D eigenvalue weighted by atomic mass is 10.1. The molecule has 2 aromatic heterocycles. The van der Waals surface area contributed by atoms with Gasteiger partial charge < -0.3 is 9.47 Å². The first-order valence-electron chi connectivity index (χ1n) is 9.23. The topological polar surface area (TPSA) is 96.2 Å². The highest BCUT2D eigenvalue weighted by Crippen LogP contribution is 2.18. The van der Waals surface area contributed by atoms with Gasteiger partial charge in [-0.3, -0.25) is 9.78 Å². The molecule has 0 N–H and O–H groups in total. The molecule has 2 heterocycles. The van der Waals surface area contributed by atoms with E-state index in [1.54, 1.807) is 28.9 Å². The van der Waals surface area contributed by atoms with Gasteiger partial charge in [0.2, 0.25) is 5.78 Å². The number of esters is 1. The number of hydrogen-bond donors (Lipinski definition) is 0. The summed E-state index contributed by atoms with van der Waals surface area (Å²) in [5.41, 5.74) is 2.09. The molecule has 1 unspecified atom stereocenters. The van der Waals surface area contributed by atoms with Gasteiger partial charge >= 0.3 is 5.97 Å². The molecule has 4 aromatic rings. The van der Waals surface area contributed by atoms with Gasteiger partial charge in [-0.05, 0) is 36.4 Å². The number of para-hydroxylation sites is 1. The maximum absolute atomic E-state index is 13.2. The number of ketones is 1. The molecule has 30 heavy (non-hydrogen) atoms. The Balaban J connectivity index is 1.66. The third-order valence-electron chi connectivity index (χ3n) is 4.57. The van der Waals surface area contributed by atoms with E-state index < -0.39 is 12.1 Å². The molecule has 1 atom stereocenters. The highest BCUT2D eigenvalue weighted by Gasteiger charge is 2.27. The molecule has 0 radical (unpaired) electrons. The van der Waals surface area contributed by atoms with Gasteiger partial charge in [0.05, 0.1) is 24.7 Å². The number of rotatable bonds is 7. The largest absolute Gasteiger partial charge is 0.497 e. The summed E-state index contributed by atoms with van der Waals surface area (Å²) >= 11 is 0. The van der Waals surface area contributed by atoms with Crippen molar-refractivity contribution in [1.29, 1.82) is 0 Å². The van der Waals surface area contributed by atoms with E-state index in [-0.39, 0.29) is 12.3 Å². The highest BCUT2D eigenvalue weighted by atomic mass is 16.5. The first-order valence-corrected chi connectivity index (χ1v) is 9.23. The van der Waals surface area contributed by atoms with E-state index in [0.29, 0.717) is 22.4 Å². The van der Waals surface area contributed by atoms with Gasteiger partial charge in [0.1, 0.15) is 11.3 Å². The van der Waals surface area contributed by atoms with Crippen molar-refractivity contribution in [2.24, 2.45) is 0 Å². The lowest BCUT2D eigenvalue weighted by Crippen LogP contribution is -2.32. The Labute approximate surface area is 172 Å². The molecular weight excluding hydrogens is 384 g/mol. The van der Waals surface area contributed by atoms with Crippen LogP contribution >= 0.6 is 0 Å². The van der Waals surface area contributed by atoms with Gasteiger partial charge in [0.15, 0.2) is 6.10 Å². The monoisotopic (exact) mass is 402 g/mol. The average molecular weight is 402 g/mol. The Hall–Kier alpha value is -4.07. The molecule has 0 aliphatic carbocycles. The predicted molar refractivity (Wildman–Crippen MR) is 108 cm³/mol. The Kier molecular flexibility index (Phi) is 5.47. The van der Waals surface area contributed by atoms with Gasteiger partial charge in [-0.25, -0.2) is 9.48 Å². The minimum absolute atomic E-state index is 0.0212. The van der Waals surface area contributed by atoms with Crippen LogP contribution in [0.2, 0.25) is 0 Å². The Morgan fingerprint density at radius 1 is 1.00 bits per heavy atom. The van der Waals surface area contributed by atoms with Crippen LogP contribution in [0, 0.1) is 0 Å². The number of carbonyl (C=O) groups is 2. The van der Waals surface area contributed by atoms with Crippen LogP contribution in [0.5, 0.6) is 5.75 Å². The molecule has 0 amide bonds. The van der Waals surface area contributed by atoms with E-state index in [2.05, 4.69) is 15.3 Å². The van der Waals surface area contributed by atoms with Crippen LogP contribution in [0.15, 0.2) is 73.1 Å². The fourth-order valence-corrected chi connectivity index (χ4v) is 3.03. The van der Waals surface area contributed by atoms with Crippen molar-refractivity contribution >= 4 is 22.8 Å². The summed E-state index contributed by atoms with van der Waals surface area (Å²) in [5, 5.41) is 8.21. The molecule has 0 aliphatic heterocycles. The van der Waals surface area contributed by atoms with E-state index in [1.165, 1.54) is 31.6 Å². The van der Waals surface area contributed by atoms with Crippen LogP contribution in [0.3, 0.4) is 0 Å². The molecule has 0 fully saturated rings. The van der Waals surface area contributed by atoms with Crippen molar-refractivity contribution < 1.29 is 19.1 Å². The molecule has 8 heteroatoms. The summed E-state index contributed by atoms with van der Waals surface area (Å²) < 4.78 is 12.4. The maximum atomic E-state index is 13.2. The van der Waals surface area contributed by atoms with Crippen LogP contribution in [0.25, 0.3) is 11.0 Å². The van der Waals surface area contributed by atoms with Crippen molar-refractivity contribution in [2.75, 3.05) is 7.11 Å². The summed E-state index contributed by atoms with van der Waals surface area (Å²) in [6, 6.07) is 17.1. The number of aromatic nitrogens is 4. The zero-order valence-corrected chi connectivity index (χ0v) is 16.1. The van der Waals surface area contributed by atoms with Crippen LogP contribution < -0.4 is 4.74 Å². The molecular formula is C22H18N4O4. The molecule has 0 bridgehead atoms. The average Bonchev–Trinajstić information content (AvgIpc) is 3.21. The Morgan fingerprint density at radius 2 is 1.80 bits per heavy atom. The molecule has 0 saturated carbocycles. The third-order valence-corrected chi connectivity index (χ3v) is 4.57. The van der Waals surface area contributed by atoms with Gasteiger partial charge in [0, 0.05) is 18.0 Å². The van der Waals surface area contributed by atoms with Gasteiger partial charge in [-0.15, -0.1) is 5.10 Å². The predicted octanol–water partition coefficient (Wildman–Crippen LogP) is 2.94. The van der Waals surface area contributed by atoms with E-state index >= 15 is 0 Å². The number of fused-ring (bicyclic) bond motifs is 1. The molecule has 0 saturated heterocycles. The lowest BCUT2D eigenvalue weighted by Gasteiger charge is -2.17. The molecule has 4 rings (SSSR count). The van der Waals surface area contributed by atoms with Crippen molar-refractivity contribution in [2.45, 2.75) is 12.6 Å². The summed E-state index contributed by atoms with van der Waals surface area (Å²) in [4.78, 5) is 29.8. The van der Waals surface area contributed by atoms with Gasteiger partial charge in [0.25, 0.3) is 0 Å². The number of ether oxygens (including phenoxy) is 2. The number of carbonyl (C=O) groups excluding carboxylic acids is 2. The number of methoxy groups -OCH3 is 1. The summed E-state index contributed by atoms with van der Waals surface area (Å²) in [7, 11) is 1.52. The second-order valence-corrected chi connectivity index (χ2v) is 6.49. The molecule has 0 aliphatic rings. The number of benzene rings is 2. The van der Waals surface area contributed by atoms with Gasteiger partial charge in [-0.1, -0.05) is 29.5 Å². The summed E-state index contributed by atoms with van der Waals surface area (Å²) in [6.45, 7) is 0.0212. The third kappa shape index (κ3) is 4.02. The Bertz CT molecular complexity index is 1190. The minimum Gasteiger partial charge on any atom is -0.497 e. The normalized spacial score (nSPS) is 11.8. The quantitative estimate of drug-likeness (QED) is 0.346. The molecule has 2 aromatic carbocycles. The zero-order valence-electron chi connectivity index (χ0n) is 16.1.